The molecule has 0 saturated heterocycles. The van der Waals surface area contributed by atoms with Gasteiger partial charge in [0.2, 0.25) is 0 Å². The first-order chi connectivity index (χ1) is 5.74. The van der Waals surface area contributed by atoms with Crippen molar-refractivity contribution in [2.45, 2.75) is 37.9 Å². The molecule has 1 saturated carbocycles. The summed E-state index contributed by atoms with van der Waals surface area (Å²) in [6.45, 7) is 0.636. The van der Waals surface area contributed by atoms with E-state index in [1.54, 1.807) is 0 Å². The van der Waals surface area contributed by atoms with E-state index in [4.69, 9.17) is 0 Å². The molecule has 1 fully saturated rings. The second-order valence-electron chi connectivity index (χ2n) is 3.71. The van der Waals surface area contributed by atoms with E-state index >= 15 is 0 Å². The molecule has 1 aliphatic carbocycles. The maximum Gasteiger partial charge on any atom is 0.0693 e. The minimum absolute atomic E-state index is 0. The van der Waals surface area contributed by atoms with E-state index in [0.717, 1.165) is 25.7 Å². The maximum absolute atomic E-state index is 9.62. The Labute approximate surface area is 85.9 Å². The Morgan fingerprint density at radius 2 is 2.15 bits per heavy atom. The van der Waals surface area contributed by atoms with Crippen molar-refractivity contribution in [1.29, 1.82) is 0 Å². The SMILES string of the molecule is CNCC(O)C1CCCC(O)C1.Cl. The molecule has 3 nitrogen and oxygen atoms in total. The molecule has 1 aliphatic rings. The van der Waals surface area contributed by atoms with Gasteiger partial charge in [-0.2, -0.15) is 0 Å². The van der Waals surface area contributed by atoms with Gasteiger partial charge < -0.3 is 15.5 Å². The summed E-state index contributed by atoms with van der Waals surface area (Å²) in [7, 11) is 1.84. The van der Waals surface area contributed by atoms with Crippen LogP contribution in [0.2, 0.25) is 0 Å². The van der Waals surface area contributed by atoms with Crippen LogP contribution in [0.4, 0.5) is 0 Å². The van der Waals surface area contributed by atoms with Crippen molar-refractivity contribution < 1.29 is 10.2 Å². The predicted octanol–water partition coefficient (Wildman–Crippen LogP) is 0.540. The number of aliphatic hydroxyl groups is 2. The van der Waals surface area contributed by atoms with Crippen LogP contribution in [0.25, 0.3) is 0 Å². The van der Waals surface area contributed by atoms with Crippen LogP contribution in [0.1, 0.15) is 25.7 Å². The fourth-order valence-corrected chi connectivity index (χ4v) is 1.93. The van der Waals surface area contributed by atoms with E-state index < -0.39 is 0 Å². The molecule has 3 atom stereocenters. The highest BCUT2D eigenvalue weighted by molar-refractivity contribution is 5.85. The Balaban J connectivity index is 0.00000144. The predicted molar refractivity (Wildman–Crippen MR) is 55.1 cm³/mol. The van der Waals surface area contributed by atoms with E-state index in [1.807, 2.05) is 7.05 Å². The van der Waals surface area contributed by atoms with Gasteiger partial charge in [0.05, 0.1) is 12.2 Å². The van der Waals surface area contributed by atoms with Gasteiger partial charge in [-0.1, -0.05) is 6.42 Å². The first-order valence-electron chi connectivity index (χ1n) is 4.74. The summed E-state index contributed by atoms with van der Waals surface area (Å²) >= 11 is 0. The summed E-state index contributed by atoms with van der Waals surface area (Å²) in [5.74, 6) is 0.293. The van der Waals surface area contributed by atoms with Crippen LogP contribution in [0.5, 0.6) is 0 Å². The highest BCUT2D eigenvalue weighted by Crippen LogP contribution is 2.26. The zero-order valence-corrected chi connectivity index (χ0v) is 8.89. The van der Waals surface area contributed by atoms with Crippen molar-refractivity contribution in [3.63, 3.8) is 0 Å². The lowest BCUT2D eigenvalue weighted by molar-refractivity contribution is 0.0310. The lowest BCUT2D eigenvalue weighted by Gasteiger charge is -2.29. The zero-order chi connectivity index (χ0) is 8.97. The first-order valence-corrected chi connectivity index (χ1v) is 4.74. The number of nitrogens with one attached hydrogen (secondary N) is 1. The summed E-state index contributed by atoms with van der Waals surface area (Å²) in [6, 6.07) is 0. The number of hydrogen-bond acceptors (Lipinski definition) is 3. The largest absolute Gasteiger partial charge is 0.393 e. The number of halogens is 1. The summed E-state index contributed by atoms with van der Waals surface area (Å²) in [5, 5.41) is 21.9. The highest BCUT2D eigenvalue weighted by atomic mass is 35.5. The van der Waals surface area contributed by atoms with E-state index in [2.05, 4.69) is 5.32 Å². The van der Waals surface area contributed by atoms with Gasteiger partial charge >= 0.3 is 0 Å². The molecule has 0 spiro atoms. The molecule has 0 amide bonds. The lowest BCUT2D eigenvalue weighted by Crippen LogP contribution is -2.35. The fourth-order valence-electron chi connectivity index (χ4n) is 1.93. The van der Waals surface area contributed by atoms with Gasteiger partial charge in [0.15, 0.2) is 0 Å². The average molecular weight is 210 g/mol. The number of hydrogen-bond donors (Lipinski definition) is 3. The lowest BCUT2D eigenvalue weighted by atomic mass is 9.83. The van der Waals surface area contributed by atoms with Crippen molar-refractivity contribution in [2.24, 2.45) is 5.92 Å². The standard InChI is InChI=1S/C9H19NO2.ClH/c1-10-6-9(12)7-3-2-4-8(11)5-7;/h7-12H,2-6H2,1H3;1H. The third kappa shape index (κ3) is 4.27. The van der Waals surface area contributed by atoms with Crippen molar-refractivity contribution >= 4 is 12.4 Å². The zero-order valence-electron chi connectivity index (χ0n) is 8.07. The molecule has 0 radical (unpaired) electrons. The minimum atomic E-state index is -0.287. The molecule has 0 aromatic heterocycles. The van der Waals surface area contributed by atoms with E-state index in [1.165, 1.54) is 0 Å². The highest BCUT2D eigenvalue weighted by Gasteiger charge is 2.25. The Morgan fingerprint density at radius 3 is 2.69 bits per heavy atom. The molecule has 0 aliphatic heterocycles. The number of likely N-dealkylation sites (N-methyl/N-ethyl adjacent to an activating group) is 1. The smallest absolute Gasteiger partial charge is 0.0693 e. The molecule has 80 valence electrons. The van der Waals surface area contributed by atoms with Crippen molar-refractivity contribution in [2.75, 3.05) is 13.6 Å². The Bertz CT molecular complexity index is 135. The molecule has 0 bridgehead atoms. The summed E-state index contributed by atoms with van der Waals surface area (Å²) in [6.07, 6.45) is 3.30. The van der Waals surface area contributed by atoms with Crippen molar-refractivity contribution in [1.82, 2.24) is 5.32 Å². The summed E-state index contributed by atoms with van der Waals surface area (Å²) < 4.78 is 0. The first kappa shape index (κ1) is 13.2. The average Bonchev–Trinajstić information content (AvgIpc) is 2.05. The molecule has 3 N–H and O–H groups in total. The van der Waals surface area contributed by atoms with Crippen LogP contribution >= 0.6 is 12.4 Å². The van der Waals surface area contributed by atoms with Gasteiger partial charge in [-0.15, -0.1) is 12.4 Å². The molecule has 3 unspecified atom stereocenters. The van der Waals surface area contributed by atoms with Gasteiger partial charge in [-0.25, -0.2) is 0 Å². The third-order valence-corrected chi connectivity index (χ3v) is 2.64. The summed E-state index contributed by atoms with van der Waals surface area (Å²) in [5.41, 5.74) is 0. The van der Waals surface area contributed by atoms with Crippen LogP contribution in [-0.4, -0.2) is 36.0 Å². The topological polar surface area (TPSA) is 52.5 Å². The van der Waals surface area contributed by atoms with Gasteiger partial charge in [-0.3, -0.25) is 0 Å². The normalized spacial score (nSPS) is 30.7. The number of rotatable bonds is 3. The van der Waals surface area contributed by atoms with E-state index in [9.17, 15) is 10.2 Å². The molecule has 0 aromatic rings. The monoisotopic (exact) mass is 209 g/mol. The molecule has 1 rings (SSSR count). The van der Waals surface area contributed by atoms with Crippen LogP contribution < -0.4 is 5.32 Å². The van der Waals surface area contributed by atoms with Crippen LogP contribution in [0.15, 0.2) is 0 Å². The van der Waals surface area contributed by atoms with Gasteiger partial charge in [-0.05, 0) is 32.2 Å². The summed E-state index contributed by atoms with van der Waals surface area (Å²) in [4.78, 5) is 0. The quantitative estimate of drug-likeness (QED) is 0.636. The molecule has 0 aromatic carbocycles. The van der Waals surface area contributed by atoms with Crippen molar-refractivity contribution in [3.05, 3.63) is 0 Å². The fraction of sp³-hybridized carbons (Fsp3) is 1.00. The second-order valence-corrected chi connectivity index (χ2v) is 3.71. The minimum Gasteiger partial charge on any atom is -0.393 e. The Hall–Kier alpha value is 0.170. The van der Waals surface area contributed by atoms with Gasteiger partial charge in [0.1, 0.15) is 0 Å². The van der Waals surface area contributed by atoms with Crippen LogP contribution in [0.3, 0.4) is 0 Å². The molecular weight excluding hydrogens is 190 g/mol. The number of aliphatic hydroxyl groups excluding tert-OH is 2. The van der Waals surface area contributed by atoms with Gasteiger partial charge in [0.25, 0.3) is 0 Å². The molecule has 4 heteroatoms. The van der Waals surface area contributed by atoms with Crippen LogP contribution in [-0.2, 0) is 0 Å². The van der Waals surface area contributed by atoms with Crippen molar-refractivity contribution in [3.8, 4) is 0 Å². The third-order valence-electron chi connectivity index (χ3n) is 2.64. The molecule has 0 heterocycles. The van der Waals surface area contributed by atoms with E-state index in [0.29, 0.717) is 12.5 Å². The maximum atomic E-state index is 9.62. The Morgan fingerprint density at radius 1 is 1.46 bits per heavy atom. The van der Waals surface area contributed by atoms with E-state index in [-0.39, 0.29) is 24.6 Å². The molecular formula is C9H20ClNO2. The second kappa shape index (κ2) is 6.60. The Kier molecular flexibility index (Phi) is 6.68. The molecule has 13 heavy (non-hydrogen) atoms. The van der Waals surface area contributed by atoms with Crippen LogP contribution in [0, 0.1) is 5.92 Å². The van der Waals surface area contributed by atoms with Gasteiger partial charge in [0, 0.05) is 6.54 Å².